The fraction of sp³-hybridized carbons (Fsp3) is 0.368. The lowest BCUT2D eigenvalue weighted by Crippen LogP contribution is -2.45. The van der Waals surface area contributed by atoms with E-state index in [1.165, 1.54) is 0 Å². The highest BCUT2D eigenvalue weighted by Gasteiger charge is 2.21. The molecule has 1 N–H and O–H groups in total. The number of carbonyl (C=O) groups is 1. The largest absolute Gasteiger partial charge is 0.353 e. The van der Waals surface area contributed by atoms with Crippen LogP contribution < -0.4 is 10.2 Å². The van der Waals surface area contributed by atoms with E-state index >= 15 is 0 Å². The van der Waals surface area contributed by atoms with Crippen molar-refractivity contribution in [3.63, 3.8) is 0 Å². The number of hydrogen-bond donors (Lipinski definition) is 1. The monoisotopic (exact) mass is 324 g/mol. The van der Waals surface area contributed by atoms with Gasteiger partial charge in [0.25, 0.3) is 5.91 Å². The first-order valence-corrected chi connectivity index (χ1v) is 8.32. The van der Waals surface area contributed by atoms with Gasteiger partial charge in [-0.05, 0) is 50.2 Å². The highest BCUT2D eigenvalue weighted by atomic mass is 16.1. The van der Waals surface area contributed by atoms with Crippen LogP contribution in [-0.2, 0) is 0 Å². The lowest BCUT2D eigenvalue weighted by Gasteiger charge is -2.34. The van der Waals surface area contributed by atoms with E-state index in [1.54, 1.807) is 6.20 Å². The minimum Gasteiger partial charge on any atom is -0.353 e. The van der Waals surface area contributed by atoms with Gasteiger partial charge in [0.2, 0.25) is 0 Å². The molecule has 5 nitrogen and oxygen atoms in total. The third-order valence-electron chi connectivity index (χ3n) is 4.48. The summed E-state index contributed by atoms with van der Waals surface area (Å²) in [6.45, 7) is 7.76. The SMILES string of the molecule is Cc1ccc(C)c(NC(=O)c2cccnc2N2CCN(C)CC2)c1. The van der Waals surface area contributed by atoms with Crippen molar-refractivity contribution >= 4 is 17.4 Å². The van der Waals surface area contributed by atoms with E-state index in [0.717, 1.165) is 48.8 Å². The topological polar surface area (TPSA) is 48.5 Å². The molecule has 1 aromatic heterocycles. The van der Waals surface area contributed by atoms with Crippen molar-refractivity contribution in [2.45, 2.75) is 13.8 Å². The molecule has 0 unspecified atom stereocenters. The molecule has 24 heavy (non-hydrogen) atoms. The molecule has 0 radical (unpaired) electrons. The van der Waals surface area contributed by atoms with Crippen molar-refractivity contribution in [1.29, 1.82) is 0 Å². The maximum atomic E-state index is 12.8. The molecule has 1 aliphatic rings. The number of anilines is 2. The summed E-state index contributed by atoms with van der Waals surface area (Å²) in [6.07, 6.45) is 1.75. The van der Waals surface area contributed by atoms with Gasteiger partial charge in [-0.3, -0.25) is 4.79 Å². The molecular formula is C19H24N4O. The average Bonchev–Trinajstić information content (AvgIpc) is 2.59. The summed E-state index contributed by atoms with van der Waals surface area (Å²) in [5, 5.41) is 3.04. The summed E-state index contributed by atoms with van der Waals surface area (Å²) < 4.78 is 0. The molecule has 1 amide bonds. The van der Waals surface area contributed by atoms with Crippen LogP contribution in [0.4, 0.5) is 11.5 Å². The highest BCUT2D eigenvalue weighted by Crippen LogP contribution is 2.22. The van der Waals surface area contributed by atoms with Crippen molar-refractivity contribution in [2.75, 3.05) is 43.4 Å². The first-order chi connectivity index (χ1) is 11.5. The van der Waals surface area contributed by atoms with E-state index < -0.39 is 0 Å². The van der Waals surface area contributed by atoms with Crippen molar-refractivity contribution in [3.8, 4) is 0 Å². The molecule has 3 rings (SSSR count). The molecule has 0 bridgehead atoms. The number of piperazine rings is 1. The van der Waals surface area contributed by atoms with Crippen molar-refractivity contribution in [2.24, 2.45) is 0 Å². The summed E-state index contributed by atoms with van der Waals surface area (Å²) in [4.78, 5) is 21.8. The number of aromatic nitrogens is 1. The van der Waals surface area contributed by atoms with E-state index in [0.29, 0.717) is 5.56 Å². The standard InChI is InChI=1S/C19H24N4O/c1-14-6-7-15(2)17(13-14)21-19(24)16-5-4-8-20-18(16)23-11-9-22(3)10-12-23/h4-8,13H,9-12H2,1-3H3,(H,21,24). The van der Waals surface area contributed by atoms with Gasteiger partial charge in [-0.1, -0.05) is 12.1 Å². The molecule has 0 saturated carbocycles. The molecular weight excluding hydrogens is 300 g/mol. The predicted octanol–water partition coefficient (Wildman–Crippen LogP) is 2.70. The van der Waals surface area contributed by atoms with Gasteiger partial charge in [0, 0.05) is 38.1 Å². The number of nitrogens with one attached hydrogen (secondary N) is 1. The van der Waals surface area contributed by atoms with E-state index in [9.17, 15) is 4.79 Å². The highest BCUT2D eigenvalue weighted by molar-refractivity contribution is 6.07. The molecule has 1 aromatic carbocycles. The summed E-state index contributed by atoms with van der Waals surface area (Å²) >= 11 is 0. The normalized spacial score (nSPS) is 15.4. The fourth-order valence-corrected chi connectivity index (χ4v) is 2.90. The molecule has 1 fully saturated rings. The van der Waals surface area contributed by atoms with Crippen LogP contribution in [0.15, 0.2) is 36.5 Å². The third-order valence-corrected chi connectivity index (χ3v) is 4.48. The number of aryl methyl sites for hydroxylation is 2. The van der Waals surface area contributed by atoms with Crippen molar-refractivity contribution < 1.29 is 4.79 Å². The van der Waals surface area contributed by atoms with Gasteiger partial charge in [0.15, 0.2) is 0 Å². The average molecular weight is 324 g/mol. The predicted molar refractivity (Wildman–Crippen MR) is 97.8 cm³/mol. The maximum Gasteiger partial charge on any atom is 0.259 e. The maximum absolute atomic E-state index is 12.8. The number of nitrogens with zero attached hydrogens (tertiary/aromatic N) is 3. The van der Waals surface area contributed by atoms with Gasteiger partial charge in [0.1, 0.15) is 5.82 Å². The summed E-state index contributed by atoms with van der Waals surface area (Å²) in [5.74, 6) is 0.666. The Kier molecular flexibility index (Phi) is 4.81. The first kappa shape index (κ1) is 16.5. The Morgan fingerprint density at radius 3 is 2.62 bits per heavy atom. The zero-order valence-electron chi connectivity index (χ0n) is 14.5. The van der Waals surface area contributed by atoms with Crippen LogP contribution in [0.5, 0.6) is 0 Å². The second kappa shape index (κ2) is 7.01. The molecule has 5 heteroatoms. The number of hydrogen-bond acceptors (Lipinski definition) is 4. The summed E-state index contributed by atoms with van der Waals surface area (Å²) in [5.41, 5.74) is 3.66. The van der Waals surface area contributed by atoms with Gasteiger partial charge in [-0.25, -0.2) is 4.98 Å². The van der Waals surface area contributed by atoms with Crippen molar-refractivity contribution in [3.05, 3.63) is 53.2 Å². The van der Waals surface area contributed by atoms with Crippen LogP contribution in [0, 0.1) is 13.8 Å². The molecule has 0 atom stereocenters. The van der Waals surface area contributed by atoms with Crippen LogP contribution in [-0.4, -0.2) is 49.0 Å². The molecule has 1 aliphatic heterocycles. The van der Waals surface area contributed by atoms with Crippen LogP contribution in [0.25, 0.3) is 0 Å². The van der Waals surface area contributed by atoms with Gasteiger partial charge in [-0.15, -0.1) is 0 Å². The third kappa shape index (κ3) is 3.57. The zero-order valence-corrected chi connectivity index (χ0v) is 14.5. The molecule has 126 valence electrons. The molecule has 0 aliphatic carbocycles. The fourth-order valence-electron chi connectivity index (χ4n) is 2.90. The van der Waals surface area contributed by atoms with Crippen LogP contribution in [0.1, 0.15) is 21.5 Å². The smallest absolute Gasteiger partial charge is 0.259 e. The minimum absolute atomic E-state index is 0.106. The number of carbonyl (C=O) groups excluding carboxylic acids is 1. The van der Waals surface area contributed by atoms with E-state index in [4.69, 9.17) is 0 Å². The first-order valence-electron chi connectivity index (χ1n) is 8.32. The Labute approximate surface area is 143 Å². The molecule has 2 heterocycles. The number of likely N-dealkylation sites (N-methyl/N-ethyl adjacent to an activating group) is 1. The lowest BCUT2D eigenvalue weighted by molar-refractivity contribution is 0.102. The zero-order chi connectivity index (χ0) is 17.1. The number of amides is 1. The minimum atomic E-state index is -0.106. The van der Waals surface area contributed by atoms with E-state index in [1.807, 2.05) is 44.2 Å². The Balaban J connectivity index is 1.84. The lowest BCUT2D eigenvalue weighted by atomic mass is 10.1. The van der Waals surface area contributed by atoms with Gasteiger partial charge in [-0.2, -0.15) is 0 Å². The summed E-state index contributed by atoms with van der Waals surface area (Å²) in [7, 11) is 2.11. The molecule has 1 saturated heterocycles. The molecule has 0 spiro atoms. The van der Waals surface area contributed by atoms with Gasteiger partial charge < -0.3 is 15.1 Å². The Bertz CT molecular complexity index is 736. The Morgan fingerprint density at radius 2 is 1.88 bits per heavy atom. The second-order valence-corrected chi connectivity index (χ2v) is 6.44. The van der Waals surface area contributed by atoms with Crippen LogP contribution >= 0.6 is 0 Å². The van der Waals surface area contributed by atoms with Crippen molar-refractivity contribution in [1.82, 2.24) is 9.88 Å². The number of pyridine rings is 1. The number of rotatable bonds is 3. The second-order valence-electron chi connectivity index (χ2n) is 6.44. The van der Waals surface area contributed by atoms with Crippen LogP contribution in [0.3, 0.4) is 0 Å². The quantitative estimate of drug-likeness (QED) is 0.943. The van der Waals surface area contributed by atoms with Gasteiger partial charge in [0.05, 0.1) is 5.56 Å². The Morgan fingerprint density at radius 1 is 1.12 bits per heavy atom. The number of benzene rings is 1. The van der Waals surface area contributed by atoms with E-state index in [-0.39, 0.29) is 5.91 Å². The van der Waals surface area contributed by atoms with Gasteiger partial charge >= 0.3 is 0 Å². The summed E-state index contributed by atoms with van der Waals surface area (Å²) in [6, 6.07) is 9.73. The van der Waals surface area contributed by atoms with E-state index in [2.05, 4.69) is 27.1 Å². The molecule has 2 aromatic rings. The van der Waals surface area contributed by atoms with Crippen LogP contribution in [0.2, 0.25) is 0 Å². The Hall–Kier alpha value is -2.40.